The molecule has 214 valence electrons. The van der Waals surface area contributed by atoms with E-state index < -0.39 is 17.9 Å². The van der Waals surface area contributed by atoms with E-state index in [-0.39, 0.29) is 22.8 Å². The number of anilines is 2. The summed E-state index contributed by atoms with van der Waals surface area (Å²) in [5.41, 5.74) is 8.38. The lowest BCUT2D eigenvalue weighted by molar-refractivity contribution is -0.122. The number of hydrogen-bond acceptors (Lipinski definition) is 6. The molecule has 0 fully saturated rings. The van der Waals surface area contributed by atoms with Gasteiger partial charge in [-0.3, -0.25) is 15.1 Å². The number of carbonyl (C=O) groups excluding carboxylic acids is 2. The Kier molecular flexibility index (Phi) is 8.68. The highest BCUT2D eigenvalue weighted by atomic mass is 19.1. The zero-order valence-electron chi connectivity index (χ0n) is 23.7. The van der Waals surface area contributed by atoms with E-state index in [0.29, 0.717) is 23.8 Å². The van der Waals surface area contributed by atoms with Gasteiger partial charge in [0.2, 0.25) is 5.91 Å². The Bertz CT molecular complexity index is 1540. The first-order chi connectivity index (χ1) is 19.4. The molecule has 0 radical (unpaired) electrons. The summed E-state index contributed by atoms with van der Waals surface area (Å²) < 4.78 is 22.1. The van der Waals surface area contributed by atoms with Gasteiger partial charge in [-0.1, -0.05) is 32.9 Å². The van der Waals surface area contributed by atoms with Crippen molar-refractivity contribution in [2.45, 2.75) is 52.6 Å². The first-order valence-corrected chi connectivity index (χ1v) is 13.1. The topological polar surface area (TPSA) is 136 Å². The highest BCUT2D eigenvalue weighted by Gasteiger charge is 2.22. The molecule has 2 heterocycles. The summed E-state index contributed by atoms with van der Waals surface area (Å²) in [6, 6.07) is 15.5. The molecule has 0 spiro atoms. The number of pyridine rings is 1. The minimum absolute atomic E-state index is 0.0129. The van der Waals surface area contributed by atoms with E-state index in [0.717, 1.165) is 17.0 Å². The van der Waals surface area contributed by atoms with Crippen LogP contribution in [0.25, 0.3) is 5.69 Å². The van der Waals surface area contributed by atoms with E-state index in [2.05, 4.69) is 20.9 Å². The summed E-state index contributed by atoms with van der Waals surface area (Å²) in [5, 5.41) is 12.8. The van der Waals surface area contributed by atoms with Gasteiger partial charge < -0.3 is 21.1 Å². The van der Waals surface area contributed by atoms with Crippen LogP contribution in [0.5, 0.6) is 11.5 Å². The lowest BCUT2D eigenvalue weighted by Gasteiger charge is -2.14. The smallest absolute Gasteiger partial charge is 0.324 e. The van der Waals surface area contributed by atoms with Gasteiger partial charge in [0.1, 0.15) is 23.1 Å². The lowest BCUT2D eigenvalue weighted by Crippen LogP contribution is -2.37. The number of aryl methyl sites for hydroxylation is 1. The molecule has 2 aromatic carbocycles. The van der Waals surface area contributed by atoms with E-state index in [1.54, 1.807) is 42.1 Å². The Hall–Kier alpha value is -4.77. The number of benzene rings is 2. The van der Waals surface area contributed by atoms with Crippen molar-refractivity contribution >= 4 is 23.4 Å². The number of hydrogen-bond donors (Lipinski definition) is 4. The van der Waals surface area contributed by atoms with Crippen molar-refractivity contribution in [1.82, 2.24) is 20.1 Å². The van der Waals surface area contributed by atoms with Crippen molar-refractivity contribution in [3.63, 3.8) is 0 Å². The second-order valence-corrected chi connectivity index (χ2v) is 10.7. The van der Waals surface area contributed by atoms with Crippen LogP contribution in [0.15, 0.2) is 66.9 Å². The first kappa shape index (κ1) is 29.2. The third-order valence-electron chi connectivity index (χ3n) is 6.07. The average molecular weight is 560 g/mol. The lowest BCUT2D eigenvalue weighted by atomic mass is 9.92. The quantitative estimate of drug-likeness (QED) is 0.228. The largest absolute Gasteiger partial charge is 0.457 e. The average Bonchev–Trinajstić information content (AvgIpc) is 3.33. The van der Waals surface area contributed by atoms with Crippen LogP contribution in [0.4, 0.5) is 20.7 Å². The van der Waals surface area contributed by atoms with Crippen LogP contribution in [0.1, 0.15) is 44.6 Å². The maximum Gasteiger partial charge on any atom is 0.324 e. The van der Waals surface area contributed by atoms with Crippen molar-refractivity contribution in [3.8, 4) is 17.2 Å². The summed E-state index contributed by atoms with van der Waals surface area (Å²) in [6.45, 7) is 9.82. The number of nitrogens with zero attached hydrogens (tertiary/aromatic N) is 3. The molecule has 41 heavy (non-hydrogen) atoms. The summed E-state index contributed by atoms with van der Waals surface area (Å²) in [6.07, 6.45) is 1.61. The van der Waals surface area contributed by atoms with Gasteiger partial charge in [-0.2, -0.15) is 5.10 Å². The molecule has 4 aromatic rings. The molecular weight excluding hydrogens is 525 g/mol. The van der Waals surface area contributed by atoms with Crippen LogP contribution in [0, 0.1) is 12.7 Å². The van der Waals surface area contributed by atoms with Gasteiger partial charge in [0.25, 0.3) is 0 Å². The number of amides is 3. The van der Waals surface area contributed by atoms with E-state index >= 15 is 0 Å². The molecule has 5 N–H and O–H groups in total. The molecule has 10 nitrogen and oxygen atoms in total. The number of aromatic nitrogens is 3. The zero-order chi connectivity index (χ0) is 29.7. The molecule has 11 heteroatoms. The van der Waals surface area contributed by atoms with Crippen LogP contribution >= 0.6 is 0 Å². The molecule has 0 bridgehead atoms. The SMILES string of the molecule is Cc1cc(Oc2ccc(NC(=O)Nc3cc(C(C)(C)C)nn3-c3ccc(CNC(=O)C(C)N)cc3)c(F)c2)ccn1. The van der Waals surface area contributed by atoms with Crippen molar-refractivity contribution in [2.24, 2.45) is 5.73 Å². The van der Waals surface area contributed by atoms with Gasteiger partial charge in [0.15, 0.2) is 0 Å². The molecule has 4 rings (SSSR count). The van der Waals surface area contributed by atoms with Crippen LogP contribution in [-0.4, -0.2) is 32.7 Å². The Morgan fingerprint density at radius 2 is 1.73 bits per heavy atom. The maximum absolute atomic E-state index is 14.8. The Morgan fingerprint density at radius 3 is 2.37 bits per heavy atom. The number of nitrogens with two attached hydrogens (primary N) is 1. The monoisotopic (exact) mass is 559 g/mol. The standard InChI is InChI=1S/C30H34FN7O3/c1-18-14-23(12-13-33-18)41-22-10-11-25(24(31)15-22)35-29(40)36-27-16-26(30(3,4)5)37-38(27)21-8-6-20(7-9-21)17-34-28(39)19(2)32/h6-16,19H,17,32H2,1-5H3,(H,34,39)(H2,35,36,40). The van der Waals surface area contributed by atoms with Gasteiger partial charge in [-0.15, -0.1) is 0 Å². The first-order valence-electron chi connectivity index (χ1n) is 13.1. The highest BCUT2D eigenvalue weighted by molar-refractivity contribution is 5.99. The van der Waals surface area contributed by atoms with Crippen molar-refractivity contribution in [3.05, 3.63) is 89.6 Å². The van der Waals surface area contributed by atoms with Crippen molar-refractivity contribution < 1.29 is 18.7 Å². The fourth-order valence-corrected chi connectivity index (χ4v) is 3.79. The zero-order valence-corrected chi connectivity index (χ0v) is 23.7. The normalized spacial score (nSPS) is 12.0. The minimum atomic E-state index is -0.654. The second kappa shape index (κ2) is 12.2. The molecule has 2 aromatic heterocycles. The van der Waals surface area contributed by atoms with Crippen LogP contribution in [0.2, 0.25) is 0 Å². The summed E-state index contributed by atoms with van der Waals surface area (Å²) >= 11 is 0. The van der Waals surface area contributed by atoms with Crippen molar-refractivity contribution in [1.29, 1.82) is 0 Å². The molecule has 0 aliphatic rings. The molecule has 0 saturated carbocycles. The summed E-state index contributed by atoms with van der Waals surface area (Å²) in [5.74, 6) is 0.322. The Morgan fingerprint density at radius 1 is 1.02 bits per heavy atom. The minimum Gasteiger partial charge on any atom is -0.457 e. The molecule has 0 aliphatic heterocycles. The van der Waals surface area contributed by atoms with Gasteiger partial charge in [-0.05, 0) is 49.7 Å². The number of carbonyl (C=O) groups is 2. The molecule has 1 atom stereocenters. The third kappa shape index (κ3) is 7.67. The van der Waals surface area contributed by atoms with Gasteiger partial charge in [-0.25, -0.2) is 13.9 Å². The Labute approximate surface area is 238 Å². The van der Waals surface area contributed by atoms with Crippen LogP contribution in [0.3, 0.4) is 0 Å². The van der Waals surface area contributed by atoms with Gasteiger partial charge in [0, 0.05) is 42.0 Å². The highest BCUT2D eigenvalue weighted by Crippen LogP contribution is 2.28. The number of rotatable bonds is 8. The third-order valence-corrected chi connectivity index (χ3v) is 6.07. The van der Waals surface area contributed by atoms with E-state index in [9.17, 15) is 14.0 Å². The second-order valence-electron chi connectivity index (χ2n) is 10.7. The number of urea groups is 1. The van der Waals surface area contributed by atoms with E-state index in [1.807, 2.05) is 52.0 Å². The fraction of sp³-hybridized carbons (Fsp3) is 0.267. The number of nitrogens with one attached hydrogen (secondary N) is 3. The molecule has 1 unspecified atom stereocenters. The van der Waals surface area contributed by atoms with Crippen LogP contribution < -0.4 is 26.4 Å². The van der Waals surface area contributed by atoms with Gasteiger partial charge >= 0.3 is 6.03 Å². The molecule has 0 aliphatic carbocycles. The Balaban J connectivity index is 1.49. The van der Waals surface area contributed by atoms with E-state index in [4.69, 9.17) is 15.6 Å². The predicted octanol–water partition coefficient (Wildman–Crippen LogP) is 5.41. The molecule has 3 amide bonds. The molecular formula is C30H34FN7O3. The van der Waals surface area contributed by atoms with Gasteiger partial charge in [0.05, 0.1) is 23.1 Å². The van der Waals surface area contributed by atoms with E-state index in [1.165, 1.54) is 12.1 Å². The summed E-state index contributed by atoms with van der Waals surface area (Å²) in [7, 11) is 0. The number of halogens is 1. The summed E-state index contributed by atoms with van der Waals surface area (Å²) in [4.78, 5) is 28.8. The molecule has 0 saturated heterocycles. The fourth-order valence-electron chi connectivity index (χ4n) is 3.79. The maximum atomic E-state index is 14.8. The van der Waals surface area contributed by atoms with Crippen LogP contribution in [-0.2, 0) is 16.8 Å². The number of ether oxygens (including phenoxy) is 1. The predicted molar refractivity (Wildman–Crippen MR) is 156 cm³/mol. The van der Waals surface area contributed by atoms with Crippen molar-refractivity contribution in [2.75, 3.05) is 10.6 Å².